The Labute approximate surface area is 84.9 Å². The molecule has 0 atom stereocenters. The molecule has 0 aromatic heterocycles. The highest BCUT2D eigenvalue weighted by atomic mass is 32.1. The highest BCUT2D eigenvalue weighted by Gasteiger charge is 2.24. The summed E-state index contributed by atoms with van der Waals surface area (Å²) in [6, 6.07) is 0. The Morgan fingerprint density at radius 1 is 1.54 bits per heavy atom. The smallest absolute Gasteiger partial charge is 0.0508 e. The Bertz CT molecular complexity index is 213. The molecule has 5 heteroatoms. The van der Waals surface area contributed by atoms with Crippen LogP contribution in [-0.2, 0) is 0 Å². The molecule has 1 rings (SSSR count). The average Bonchev–Trinajstić information content (AvgIpc) is 2.13. The third-order valence-electron chi connectivity index (χ3n) is 1.89. The Hall–Kier alpha value is -0.550. The standard InChI is InChI=1S/C8H15N3.H2OS/c1-5-7-8(2,3)6-9-11(4)10-7;1-2/h6H,5H2,1-4H3;1-2H. The van der Waals surface area contributed by atoms with Crippen LogP contribution in [0.1, 0.15) is 27.2 Å². The van der Waals surface area contributed by atoms with E-state index in [1.165, 1.54) is 5.71 Å². The van der Waals surface area contributed by atoms with Gasteiger partial charge in [0.05, 0.1) is 5.71 Å². The topological polar surface area (TPSA) is 48.2 Å². The van der Waals surface area contributed by atoms with Crippen molar-refractivity contribution in [1.29, 1.82) is 0 Å². The largest absolute Gasteiger partial charge is 0.333 e. The van der Waals surface area contributed by atoms with Gasteiger partial charge in [-0.1, -0.05) is 6.92 Å². The summed E-state index contributed by atoms with van der Waals surface area (Å²) in [5.41, 5.74) is 1.23. The predicted molar refractivity (Wildman–Crippen MR) is 59.4 cm³/mol. The summed E-state index contributed by atoms with van der Waals surface area (Å²) in [7, 11) is 1.85. The monoisotopic (exact) mass is 203 g/mol. The number of nitrogens with zero attached hydrogens (tertiary/aromatic N) is 3. The van der Waals surface area contributed by atoms with Gasteiger partial charge in [0.25, 0.3) is 0 Å². The van der Waals surface area contributed by atoms with Crippen LogP contribution in [0.25, 0.3) is 0 Å². The van der Waals surface area contributed by atoms with Crippen molar-refractivity contribution in [3.05, 3.63) is 0 Å². The van der Waals surface area contributed by atoms with E-state index in [-0.39, 0.29) is 5.41 Å². The van der Waals surface area contributed by atoms with E-state index in [2.05, 4.69) is 43.9 Å². The van der Waals surface area contributed by atoms with Crippen LogP contribution in [0.15, 0.2) is 10.2 Å². The summed E-state index contributed by atoms with van der Waals surface area (Å²) < 4.78 is 6.69. The molecule has 0 saturated carbocycles. The van der Waals surface area contributed by atoms with E-state index in [0.717, 1.165) is 6.42 Å². The third-order valence-corrected chi connectivity index (χ3v) is 1.89. The van der Waals surface area contributed by atoms with Gasteiger partial charge in [-0.05, 0) is 33.2 Å². The molecular weight excluding hydrogens is 186 g/mol. The lowest BCUT2D eigenvalue weighted by atomic mass is 9.87. The minimum absolute atomic E-state index is 0.0429. The zero-order valence-corrected chi connectivity index (χ0v) is 9.41. The van der Waals surface area contributed by atoms with Crippen LogP contribution in [0.2, 0.25) is 0 Å². The number of hydrogen-bond donors (Lipinski definition) is 2. The first-order chi connectivity index (χ1) is 6.06. The highest BCUT2D eigenvalue weighted by Crippen LogP contribution is 2.20. The van der Waals surface area contributed by atoms with Gasteiger partial charge in [0.15, 0.2) is 0 Å². The summed E-state index contributed by atoms with van der Waals surface area (Å²) in [5.74, 6) is 0. The normalized spacial score (nSPS) is 18.9. The second-order valence-electron chi connectivity index (χ2n) is 3.36. The predicted octanol–water partition coefficient (Wildman–Crippen LogP) is 2.10. The quantitative estimate of drug-likeness (QED) is 0.506. The van der Waals surface area contributed by atoms with E-state index in [9.17, 15) is 0 Å². The molecule has 76 valence electrons. The molecule has 1 heterocycles. The van der Waals surface area contributed by atoms with Crippen LogP contribution in [-0.4, -0.2) is 28.6 Å². The van der Waals surface area contributed by atoms with Crippen LogP contribution >= 0.6 is 12.9 Å². The number of thiol groups is 1. The van der Waals surface area contributed by atoms with Gasteiger partial charge in [0, 0.05) is 18.7 Å². The molecular formula is C8H17N3OS. The van der Waals surface area contributed by atoms with Gasteiger partial charge in [0.1, 0.15) is 0 Å². The van der Waals surface area contributed by atoms with Gasteiger partial charge >= 0.3 is 0 Å². The fraction of sp³-hybridized carbons (Fsp3) is 0.750. The molecule has 0 aliphatic carbocycles. The Morgan fingerprint density at radius 2 is 2.08 bits per heavy atom. The Morgan fingerprint density at radius 3 is 2.46 bits per heavy atom. The summed E-state index contributed by atoms with van der Waals surface area (Å²) >= 11 is 2.53. The molecule has 1 aliphatic heterocycles. The summed E-state index contributed by atoms with van der Waals surface area (Å²) in [4.78, 5) is 0. The third kappa shape index (κ3) is 3.36. The van der Waals surface area contributed by atoms with Crippen molar-refractivity contribution in [3.8, 4) is 0 Å². The minimum atomic E-state index is 0.0429. The number of hydrazone groups is 2. The second-order valence-corrected chi connectivity index (χ2v) is 3.36. The molecule has 1 aliphatic rings. The molecule has 0 fully saturated rings. The summed E-state index contributed by atoms with van der Waals surface area (Å²) in [5, 5.41) is 10.0. The molecule has 0 saturated heterocycles. The van der Waals surface area contributed by atoms with Crippen molar-refractivity contribution in [2.24, 2.45) is 15.6 Å². The number of rotatable bonds is 1. The zero-order chi connectivity index (χ0) is 10.5. The fourth-order valence-electron chi connectivity index (χ4n) is 1.16. The van der Waals surface area contributed by atoms with Crippen molar-refractivity contribution in [2.45, 2.75) is 27.2 Å². The molecule has 0 aromatic rings. The molecule has 0 spiro atoms. The maximum atomic E-state index is 6.69. The van der Waals surface area contributed by atoms with Crippen molar-refractivity contribution in [2.75, 3.05) is 7.05 Å². The van der Waals surface area contributed by atoms with Gasteiger partial charge in [0.2, 0.25) is 0 Å². The SMILES string of the molecule is CCC1=NN(C)N=CC1(C)C.OS. The van der Waals surface area contributed by atoms with Crippen molar-refractivity contribution in [1.82, 2.24) is 5.12 Å². The maximum absolute atomic E-state index is 6.69. The molecule has 0 radical (unpaired) electrons. The molecule has 0 aromatic carbocycles. The van der Waals surface area contributed by atoms with Crippen LogP contribution in [0.4, 0.5) is 0 Å². The van der Waals surface area contributed by atoms with Gasteiger partial charge in [-0.2, -0.15) is 15.3 Å². The lowest BCUT2D eigenvalue weighted by Gasteiger charge is -2.26. The first-order valence-corrected chi connectivity index (χ1v) is 4.53. The summed E-state index contributed by atoms with van der Waals surface area (Å²) in [6.45, 7) is 6.38. The first-order valence-electron chi connectivity index (χ1n) is 4.13. The van der Waals surface area contributed by atoms with Gasteiger partial charge < -0.3 is 4.55 Å². The van der Waals surface area contributed by atoms with E-state index in [1.54, 1.807) is 5.12 Å². The highest BCUT2D eigenvalue weighted by molar-refractivity contribution is 7.74. The van der Waals surface area contributed by atoms with Crippen LogP contribution in [0.3, 0.4) is 0 Å². The molecule has 0 unspecified atom stereocenters. The molecule has 1 N–H and O–H groups in total. The fourth-order valence-corrected chi connectivity index (χ4v) is 1.16. The van der Waals surface area contributed by atoms with Crippen LogP contribution in [0.5, 0.6) is 0 Å². The summed E-state index contributed by atoms with van der Waals surface area (Å²) in [6.07, 6.45) is 2.93. The minimum Gasteiger partial charge on any atom is -0.333 e. The Kier molecular flexibility index (Phi) is 5.02. The maximum Gasteiger partial charge on any atom is 0.0508 e. The zero-order valence-electron chi connectivity index (χ0n) is 8.52. The van der Waals surface area contributed by atoms with Crippen LogP contribution in [0, 0.1) is 5.41 Å². The molecule has 13 heavy (non-hydrogen) atoms. The lowest BCUT2D eigenvalue weighted by molar-refractivity contribution is 0.358. The van der Waals surface area contributed by atoms with E-state index in [4.69, 9.17) is 4.55 Å². The van der Waals surface area contributed by atoms with Gasteiger partial charge in [-0.3, -0.25) is 0 Å². The Balaban J connectivity index is 0.000000671. The van der Waals surface area contributed by atoms with E-state index < -0.39 is 0 Å². The van der Waals surface area contributed by atoms with Gasteiger partial charge in [-0.15, -0.1) is 0 Å². The lowest BCUT2D eigenvalue weighted by Crippen LogP contribution is -2.31. The van der Waals surface area contributed by atoms with E-state index in [0.29, 0.717) is 0 Å². The van der Waals surface area contributed by atoms with Crippen molar-refractivity contribution in [3.63, 3.8) is 0 Å². The van der Waals surface area contributed by atoms with Crippen LogP contribution < -0.4 is 0 Å². The van der Waals surface area contributed by atoms with Crippen molar-refractivity contribution < 1.29 is 4.55 Å². The first kappa shape index (κ1) is 12.4. The second kappa shape index (κ2) is 5.24. The van der Waals surface area contributed by atoms with E-state index in [1.807, 2.05) is 13.3 Å². The average molecular weight is 203 g/mol. The van der Waals surface area contributed by atoms with E-state index >= 15 is 0 Å². The van der Waals surface area contributed by atoms with Crippen molar-refractivity contribution >= 4 is 24.8 Å². The number of hydrogen-bond acceptors (Lipinski definition) is 5. The molecule has 4 nitrogen and oxygen atoms in total. The van der Waals surface area contributed by atoms with Gasteiger partial charge in [-0.25, -0.2) is 0 Å². The molecule has 0 amide bonds. The molecule has 0 bridgehead atoms.